The highest BCUT2D eigenvalue weighted by molar-refractivity contribution is 6.03. The van der Waals surface area contributed by atoms with Crippen molar-refractivity contribution < 1.29 is 23.5 Å². The third-order valence-electron chi connectivity index (χ3n) is 6.09. The first-order valence-electron chi connectivity index (χ1n) is 10.1. The number of ether oxygens (including phenoxy) is 2. The lowest BCUT2D eigenvalue weighted by Crippen LogP contribution is -2.48. The number of carbonyl (C=O) groups excluding carboxylic acids is 2. The zero-order valence-electron chi connectivity index (χ0n) is 16.9. The molecule has 158 valence electrons. The van der Waals surface area contributed by atoms with Gasteiger partial charge in [0.05, 0.1) is 18.4 Å². The molecule has 2 amide bonds. The van der Waals surface area contributed by atoms with Crippen LogP contribution in [-0.2, 0) is 19.7 Å². The average Bonchev–Trinajstić information content (AvgIpc) is 3.08. The lowest BCUT2D eigenvalue weighted by atomic mass is 9.73. The van der Waals surface area contributed by atoms with Crippen LogP contribution in [0.5, 0.6) is 5.75 Å². The van der Waals surface area contributed by atoms with Gasteiger partial charge in [-0.2, -0.15) is 0 Å². The van der Waals surface area contributed by atoms with Gasteiger partial charge in [-0.15, -0.1) is 0 Å². The smallest absolute Gasteiger partial charge is 0.232 e. The molecule has 6 nitrogen and oxygen atoms in total. The molecule has 1 atom stereocenters. The highest BCUT2D eigenvalue weighted by Gasteiger charge is 2.42. The van der Waals surface area contributed by atoms with E-state index in [0.717, 1.165) is 11.3 Å². The van der Waals surface area contributed by atoms with Gasteiger partial charge in [-0.1, -0.05) is 12.1 Å². The highest BCUT2D eigenvalue weighted by atomic mass is 19.1. The van der Waals surface area contributed by atoms with E-state index < -0.39 is 5.41 Å². The summed E-state index contributed by atoms with van der Waals surface area (Å²) in [7, 11) is 1.58. The second kappa shape index (κ2) is 8.44. The molecule has 0 saturated carbocycles. The van der Waals surface area contributed by atoms with E-state index in [1.807, 2.05) is 12.1 Å². The Balaban J connectivity index is 1.47. The molecule has 0 bridgehead atoms. The van der Waals surface area contributed by atoms with E-state index in [9.17, 15) is 14.0 Å². The van der Waals surface area contributed by atoms with Crippen molar-refractivity contribution >= 4 is 17.5 Å². The Bertz CT molecular complexity index is 956. The molecule has 2 aliphatic heterocycles. The Morgan fingerprint density at radius 1 is 1.27 bits per heavy atom. The molecule has 0 radical (unpaired) electrons. The van der Waals surface area contributed by atoms with E-state index in [-0.39, 0.29) is 23.5 Å². The molecule has 0 aromatic heterocycles. The van der Waals surface area contributed by atoms with Crippen LogP contribution < -0.4 is 15.4 Å². The van der Waals surface area contributed by atoms with Crippen molar-refractivity contribution in [3.63, 3.8) is 0 Å². The van der Waals surface area contributed by atoms with Gasteiger partial charge in [-0.25, -0.2) is 4.39 Å². The van der Waals surface area contributed by atoms with Crippen molar-refractivity contribution in [1.82, 2.24) is 5.32 Å². The molecule has 2 N–H and O–H groups in total. The lowest BCUT2D eigenvalue weighted by molar-refractivity contribution is -0.130. The summed E-state index contributed by atoms with van der Waals surface area (Å²) in [6.45, 7) is 1.23. The minimum Gasteiger partial charge on any atom is -0.497 e. The zero-order chi connectivity index (χ0) is 21.1. The molecule has 2 aromatic carbocycles. The maximum Gasteiger partial charge on any atom is 0.232 e. The molecule has 2 aromatic rings. The van der Waals surface area contributed by atoms with E-state index in [0.29, 0.717) is 50.3 Å². The SMILES string of the molecule is COc1ccc2c(c1)[C@H](CCNC(=O)C1(c3cccc(F)c3)CCOCC1)C(=O)N2. The quantitative estimate of drug-likeness (QED) is 0.764. The monoisotopic (exact) mass is 412 g/mol. The van der Waals surface area contributed by atoms with Crippen LogP contribution in [0.3, 0.4) is 0 Å². The number of fused-ring (bicyclic) bond motifs is 1. The molecule has 1 fully saturated rings. The molecule has 7 heteroatoms. The third-order valence-corrected chi connectivity index (χ3v) is 6.09. The van der Waals surface area contributed by atoms with Gasteiger partial charge < -0.3 is 20.1 Å². The molecule has 4 rings (SSSR count). The number of halogens is 1. The number of hydrogen-bond acceptors (Lipinski definition) is 4. The van der Waals surface area contributed by atoms with Crippen LogP contribution >= 0.6 is 0 Å². The van der Waals surface area contributed by atoms with Crippen molar-refractivity contribution in [3.8, 4) is 5.75 Å². The van der Waals surface area contributed by atoms with Gasteiger partial charge in [0.2, 0.25) is 11.8 Å². The van der Waals surface area contributed by atoms with E-state index >= 15 is 0 Å². The number of methoxy groups -OCH3 is 1. The Morgan fingerprint density at radius 3 is 2.80 bits per heavy atom. The first kappa shape index (κ1) is 20.3. The number of amides is 2. The highest BCUT2D eigenvalue weighted by Crippen LogP contribution is 2.38. The summed E-state index contributed by atoms with van der Waals surface area (Å²) in [5, 5.41) is 5.86. The number of carbonyl (C=O) groups is 2. The topological polar surface area (TPSA) is 76.7 Å². The Kier molecular flexibility index (Phi) is 5.72. The molecule has 0 aliphatic carbocycles. The molecule has 2 heterocycles. The van der Waals surface area contributed by atoms with E-state index in [2.05, 4.69) is 10.6 Å². The predicted molar refractivity (Wildman–Crippen MR) is 110 cm³/mol. The van der Waals surface area contributed by atoms with Crippen molar-refractivity contribution in [2.24, 2.45) is 0 Å². The van der Waals surface area contributed by atoms with Crippen LogP contribution in [-0.4, -0.2) is 38.7 Å². The molecular formula is C23H25FN2O4. The van der Waals surface area contributed by atoms with E-state index in [1.165, 1.54) is 12.1 Å². The Hall–Kier alpha value is -2.93. The van der Waals surface area contributed by atoms with Crippen LogP contribution in [0.25, 0.3) is 0 Å². The molecule has 30 heavy (non-hydrogen) atoms. The summed E-state index contributed by atoms with van der Waals surface area (Å²) in [4.78, 5) is 25.6. The fraction of sp³-hybridized carbons (Fsp3) is 0.391. The predicted octanol–water partition coefficient (Wildman–Crippen LogP) is 3.12. The normalized spacial score (nSPS) is 19.7. The van der Waals surface area contributed by atoms with Crippen LogP contribution in [0.15, 0.2) is 42.5 Å². The van der Waals surface area contributed by atoms with Crippen LogP contribution in [0, 0.1) is 5.82 Å². The van der Waals surface area contributed by atoms with Crippen LogP contribution in [0.1, 0.15) is 36.3 Å². The minimum absolute atomic E-state index is 0.0848. The molecule has 0 unspecified atom stereocenters. The third kappa shape index (κ3) is 3.77. The van der Waals surface area contributed by atoms with Gasteiger partial charge in [-0.3, -0.25) is 9.59 Å². The maximum absolute atomic E-state index is 13.8. The summed E-state index contributed by atoms with van der Waals surface area (Å²) < 4.78 is 24.6. The van der Waals surface area contributed by atoms with Gasteiger partial charge in [0, 0.05) is 25.4 Å². The second-order valence-electron chi connectivity index (χ2n) is 7.74. The second-order valence-corrected chi connectivity index (χ2v) is 7.74. The average molecular weight is 412 g/mol. The van der Waals surface area contributed by atoms with Gasteiger partial charge in [-0.05, 0) is 60.7 Å². The van der Waals surface area contributed by atoms with Crippen molar-refractivity contribution in [2.75, 3.05) is 32.2 Å². The summed E-state index contributed by atoms with van der Waals surface area (Å²) in [5.41, 5.74) is 1.49. The van der Waals surface area contributed by atoms with Gasteiger partial charge in [0.1, 0.15) is 11.6 Å². The summed E-state index contributed by atoms with van der Waals surface area (Å²) in [5.74, 6) is -0.264. The Labute approximate surface area is 174 Å². The van der Waals surface area contributed by atoms with Gasteiger partial charge in [0.25, 0.3) is 0 Å². The first-order chi connectivity index (χ1) is 14.5. The summed E-state index contributed by atoms with van der Waals surface area (Å²) >= 11 is 0. The maximum atomic E-state index is 13.8. The van der Waals surface area contributed by atoms with Crippen molar-refractivity contribution in [1.29, 1.82) is 0 Å². The van der Waals surface area contributed by atoms with Gasteiger partial charge in [0.15, 0.2) is 0 Å². The fourth-order valence-corrected chi connectivity index (χ4v) is 4.37. The standard InChI is InChI=1S/C23H25FN2O4/c1-29-17-5-6-20-19(14-17)18(21(27)26-20)7-10-25-22(28)23(8-11-30-12-9-23)15-3-2-4-16(24)13-15/h2-6,13-14,18H,7-12H2,1H3,(H,25,28)(H,26,27)/t18-/m0/s1. The molecular weight excluding hydrogens is 387 g/mol. The number of benzene rings is 2. The zero-order valence-corrected chi connectivity index (χ0v) is 16.9. The van der Waals surface area contributed by atoms with Crippen LogP contribution in [0.4, 0.5) is 10.1 Å². The molecule has 0 spiro atoms. The summed E-state index contributed by atoms with van der Waals surface area (Å²) in [6.07, 6.45) is 1.45. The molecule has 2 aliphatic rings. The van der Waals surface area contributed by atoms with Crippen molar-refractivity contribution in [2.45, 2.75) is 30.6 Å². The number of rotatable bonds is 6. The van der Waals surface area contributed by atoms with E-state index in [1.54, 1.807) is 25.3 Å². The Morgan fingerprint density at radius 2 is 2.07 bits per heavy atom. The number of anilines is 1. The van der Waals surface area contributed by atoms with Crippen molar-refractivity contribution in [3.05, 3.63) is 59.4 Å². The lowest BCUT2D eigenvalue weighted by Gasteiger charge is -2.36. The molecule has 1 saturated heterocycles. The van der Waals surface area contributed by atoms with Gasteiger partial charge >= 0.3 is 0 Å². The first-order valence-corrected chi connectivity index (χ1v) is 10.1. The largest absolute Gasteiger partial charge is 0.497 e. The van der Waals surface area contributed by atoms with Crippen LogP contribution in [0.2, 0.25) is 0 Å². The number of nitrogens with one attached hydrogen (secondary N) is 2. The minimum atomic E-state index is -0.820. The van der Waals surface area contributed by atoms with E-state index in [4.69, 9.17) is 9.47 Å². The summed E-state index contributed by atoms with van der Waals surface area (Å²) in [6, 6.07) is 11.7. The fourth-order valence-electron chi connectivity index (χ4n) is 4.37. The number of hydrogen-bond donors (Lipinski definition) is 2.